The van der Waals surface area contributed by atoms with Gasteiger partial charge >= 0.3 is 0 Å². The number of hydrogen-bond acceptors (Lipinski definition) is 3. The number of imidazole rings is 1. The third-order valence-corrected chi connectivity index (χ3v) is 2.81. The van der Waals surface area contributed by atoms with Crippen LogP contribution in [0.4, 0.5) is 0 Å². The summed E-state index contributed by atoms with van der Waals surface area (Å²) in [4.78, 5) is 23.0. The number of hydrogen-bond donors (Lipinski definition) is 1. The third kappa shape index (κ3) is 2.13. The quantitative estimate of drug-likeness (QED) is 0.875. The van der Waals surface area contributed by atoms with Gasteiger partial charge < -0.3 is 9.55 Å². The molecule has 0 radical (unpaired) electrons. The lowest BCUT2D eigenvalue weighted by Gasteiger charge is -2.07. The second-order valence-electron chi connectivity index (χ2n) is 4.10. The van der Waals surface area contributed by atoms with Crippen LogP contribution in [0.5, 0.6) is 0 Å². The van der Waals surface area contributed by atoms with Crippen LogP contribution in [-0.2, 0) is 6.54 Å². The van der Waals surface area contributed by atoms with E-state index in [1.165, 1.54) is 0 Å². The molecule has 90 valence electrons. The minimum Gasteiger partial charge on any atom is -0.328 e. The average molecular weight is 232 g/mol. The number of aryl methyl sites for hydroxylation is 2. The minimum atomic E-state index is -0.0863. The molecule has 0 unspecified atom stereocenters. The Labute approximate surface area is 99.6 Å². The van der Waals surface area contributed by atoms with Crippen LogP contribution in [0.1, 0.15) is 24.6 Å². The second-order valence-corrected chi connectivity index (χ2v) is 4.10. The topological polar surface area (TPSA) is 63.6 Å². The zero-order valence-corrected chi connectivity index (χ0v) is 10.3. The number of nitrogens with one attached hydrogen (secondary N) is 1. The molecule has 0 aromatic carbocycles. The molecular weight excluding hydrogens is 216 g/mol. The highest BCUT2D eigenvalue weighted by Gasteiger charge is 2.09. The van der Waals surface area contributed by atoms with E-state index in [2.05, 4.69) is 21.9 Å². The molecule has 0 saturated heterocycles. The van der Waals surface area contributed by atoms with Crippen molar-refractivity contribution in [3.63, 3.8) is 0 Å². The summed E-state index contributed by atoms with van der Waals surface area (Å²) in [5, 5.41) is 0. The van der Waals surface area contributed by atoms with Crippen molar-refractivity contribution in [2.24, 2.45) is 0 Å². The lowest BCUT2D eigenvalue weighted by atomic mass is 10.2. The molecule has 0 aliphatic carbocycles. The Morgan fingerprint density at radius 1 is 1.41 bits per heavy atom. The molecule has 0 fully saturated rings. The fourth-order valence-corrected chi connectivity index (χ4v) is 1.70. The van der Waals surface area contributed by atoms with Gasteiger partial charge in [-0.2, -0.15) is 0 Å². The molecule has 0 aliphatic rings. The molecule has 0 atom stereocenters. The molecule has 0 amide bonds. The lowest BCUT2D eigenvalue weighted by Crippen LogP contribution is -2.15. The van der Waals surface area contributed by atoms with E-state index in [0.29, 0.717) is 11.4 Å². The maximum atomic E-state index is 11.7. The van der Waals surface area contributed by atoms with Crippen LogP contribution in [0.3, 0.4) is 0 Å². The van der Waals surface area contributed by atoms with Crippen molar-refractivity contribution in [2.75, 3.05) is 0 Å². The van der Waals surface area contributed by atoms with Crippen LogP contribution in [-0.4, -0.2) is 19.5 Å². The van der Waals surface area contributed by atoms with E-state index in [1.807, 2.05) is 11.5 Å². The van der Waals surface area contributed by atoms with Crippen LogP contribution in [0.25, 0.3) is 11.5 Å². The first-order valence-corrected chi connectivity index (χ1v) is 5.71. The monoisotopic (exact) mass is 232 g/mol. The predicted octanol–water partition coefficient (Wildman–Crippen LogP) is 1.66. The molecule has 0 aliphatic heterocycles. The summed E-state index contributed by atoms with van der Waals surface area (Å²) in [6, 6.07) is 0. The van der Waals surface area contributed by atoms with E-state index < -0.39 is 0 Å². The molecule has 2 aromatic heterocycles. The number of nitrogens with zero attached hydrogens (tertiary/aromatic N) is 3. The molecule has 5 heteroatoms. The van der Waals surface area contributed by atoms with Crippen molar-refractivity contribution in [3.05, 3.63) is 34.1 Å². The summed E-state index contributed by atoms with van der Waals surface area (Å²) in [5.41, 5.74) is 2.19. The normalized spacial score (nSPS) is 10.8. The maximum absolute atomic E-state index is 11.7. The van der Waals surface area contributed by atoms with E-state index in [4.69, 9.17) is 0 Å². The van der Waals surface area contributed by atoms with E-state index in [9.17, 15) is 4.79 Å². The number of aromatic amines is 1. The van der Waals surface area contributed by atoms with Crippen molar-refractivity contribution in [2.45, 2.75) is 33.7 Å². The first-order chi connectivity index (χ1) is 8.13. The Morgan fingerprint density at radius 3 is 2.82 bits per heavy atom. The molecule has 0 spiro atoms. The molecule has 1 N–H and O–H groups in total. The van der Waals surface area contributed by atoms with Gasteiger partial charge in [0.15, 0.2) is 5.82 Å². The first-order valence-electron chi connectivity index (χ1n) is 5.71. The molecule has 17 heavy (non-hydrogen) atoms. The zero-order chi connectivity index (χ0) is 12.4. The van der Waals surface area contributed by atoms with Crippen molar-refractivity contribution >= 4 is 0 Å². The summed E-state index contributed by atoms with van der Waals surface area (Å²) >= 11 is 0. The van der Waals surface area contributed by atoms with Crippen LogP contribution >= 0.6 is 0 Å². The Hall–Kier alpha value is -1.91. The SMILES string of the molecule is CCCn1cncc1-c1nc(C)c(C)c(=O)[nH]1. The van der Waals surface area contributed by atoms with Gasteiger partial charge in [0, 0.05) is 17.8 Å². The largest absolute Gasteiger partial charge is 0.328 e. The zero-order valence-electron chi connectivity index (χ0n) is 10.3. The average Bonchev–Trinajstić information content (AvgIpc) is 2.74. The molecule has 0 bridgehead atoms. The van der Waals surface area contributed by atoms with Crippen LogP contribution in [0.2, 0.25) is 0 Å². The molecule has 0 saturated carbocycles. The highest BCUT2D eigenvalue weighted by atomic mass is 16.1. The highest BCUT2D eigenvalue weighted by Crippen LogP contribution is 2.14. The van der Waals surface area contributed by atoms with Gasteiger partial charge in [-0.05, 0) is 20.3 Å². The van der Waals surface area contributed by atoms with Gasteiger partial charge in [-0.15, -0.1) is 0 Å². The van der Waals surface area contributed by atoms with Crippen LogP contribution < -0.4 is 5.56 Å². The third-order valence-electron chi connectivity index (χ3n) is 2.81. The van der Waals surface area contributed by atoms with Crippen molar-refractivity contribution < 1.29 is 0 Å². The fraction of sp³-hybridized carbons (Fsp3) is 0.417. The van der Waals surface area contributed by atoms with E-state index in [1.54, 1.807) is 19.4 Å². The van der Waals surface area contributed by atoms with Gasteiger partial charge in [-0.1, -0.05) is 6.92 Å². The highest BCUT2D eigenvalue weighted by molar-refractivity contribution is 5.48. The number of H-pyrrole nitrogens is 1. The number of aromatic nitrogens is 4. The summed E-state index contributed by atoms with van der Waals surface area (Å²) in [5.74, 6) is 0.587. The molecule has 2 heterocycles. The van der Waals surface area contributed by atoms with Gasteiger partial charge in [0.1, 0.15) is 5.69 Å². The predicted molar refractivity (Wildman–Crippen MR) is 65.8 cm³/mol. The van der Waals surface area contributed by atoms with E-state index in [-0.39, 0.29) is 5.56 Å². The summed E-state index contributed by atoms with van der Waals surface area (Å²) in [6.45, 7) is 6.58. The molecule has 5 nitrogen and oxygen atoms in total. The molecule has 2 rings (SSSR count). The van der Waals surface area contributed by atoms with Gasteiger partial charge in [0.05, 0.1) is 12.5 Å². The van der Waals surface area contributed by atoms with E-state index in [0.717, 1.165) is 24.4 Å². The summed E-state index contributed by atoms with van der Waals surface area (Å²) < 4.78 is 1.99. The summed E-state index contributed by atoms with van der Waals surface area (Å²) in [6.07, 6.45) is 4.50. The van der Waals surface area contributed by atoms with Crippen molar-refractivity contribution in [3.8, 4) is 11.5 Å². The Morgan fingerprint density at radius 2 is 2.18 bits per heavy atom. The van der Waals surface area contributed by atoms with Gasteiger partial charge in [-0.25, -0.2) is 9.97 Å². The first kappa shape index (κ1) is 11.6. The molecule has 2 aromatic rings. The Bertz CT molecular complexity index is 582. The number of rotatable bonds is 3. The lowest BCUT2D eigenvalue weighted by molar-refractivity contribution is 0.680. The van der Waals surface area contributed by atoms with Crippen LogP contribution in [0.15, 0.2) is 17.3 Å². The van der Waals surface area contributed by atoms with E-state index >= 15 is 0 Å². The Kier molecular flexibility index (Phi) is 3.08. The minimum absolute atomic E-state index is 0.0863. The van der Waals surface area contributed by atoms with Crippen molar-refractivity contribution in [1.29, 1.82) is 0 Å². The molecular formula is C12H16N4O. The summed E-state index contributed by atoms with van der Waals surface area (Å²) in [7, 11) is 0. The van der Waals surface area contributed by atoms with Gasteiger partial charge in [-0.3, -0.25) is 4.79 Å². The van der Waals surface area contributed by atoms with Gasteiger partial charge in [0.2, 0.25) is 0 Å². The van der Waals surface area contributed by atoms with Gasteiger partial charge in [0.25, 0.3) is 5.56 Å². The Balaban J connectivity index is 2.53. The smallest absolute Gasteiger partial charge is 0.254 e. The fourth-order valence-electron chi connectivity index (χ4n) is 1.70. The second kappa shape index (κ2) is 4.53. The standard InChI is InChI=1S/C12H16N4O/c1-4-5-16-7-13-6-10(16)11-14-9(3)8(2)12(17)15-11/h6-7H,4-5H2,1-3H3,(H,14,15,17). The maximum Gasteiger partial charge on any atom is 0.254 e. The van der Waals surface area contributed by atoms with Crippen molar-refractivity contribution in [1.82, 2.24) is 19.5 Å². The van der Waals surface area contributed by atoms with Crippen LogP contribution in [0, 0.1) is 13.8 Å².